The Labute approximate surface area is 102 Å². The zero-order valence-corrected chi connectivity index (χ0v) is 10.4. The molecule has 0 bridgehead atoms. The topological polar surface area (TPSA) is 75.8 Å². The van der Waals surface area contributed by atoms with Crippen molar-refractivity contribution >= 4 is 22.4 Å². The summed E-state index contributed by atoms with van der Waals surface area (Å²) in [5.41, 5.74) is 7.66. The van der Waals surface area contributed by atoms with Gasteiger partial charge in [0.2, 0.25) is 0 Å². The van der Waals surface area contributed by atoms with Crippen LogP contribution >= 0.6 is 0 Å². The van der Waals surface area contributed by atoms with Crippen molar-refractivity contribution in [3.05, 3.63) is 34.7 Å². The van der Waals surface area contributed by atoms with E-state index in [9.17, 15) is 4.21 Å². The van der Waals surface area contributed by atoms with Gasteiger partial charge in [0.05, 0.1) is 5.69 Å². The van der Waals surface area contributed by atoms with Gasteiger partial charge in [-0.3, -0.25) is 4.31 Å². The monoisotopic (exact) mass is 254 g/mol. The minimum Gasteiger partial charge on any atom is -0.399 e. The molecule has 0 radical (unpaired) electrons. The summed E-state index contributed by atoms with van der Waals surface area (Å²) in [6, 6.07) is 6.91. The average Bonchev–Trinajstić information content (AvgIpc) is 2.54. The number of nitrogens with two attached hydrogens (primary N) is 1. The molecule has 1 aromatic carbocycles. The fourth-order valence-electron chi connectivity index (χ4n) is 1.70. The first kappa shape index (κ1) is 12.1. The lowest BCUT2D eigenvalue weighted by molar-refractivity contribution is -0.264. The summed E-state index contributed by atoms with van der Waals surface area (Å²) in [6.45, 7) is 3.54. The van der Waals surface area contributed by atoms with Crippen LogP contribution in [0, 0.1) is 0 Å². The van der Waals surface area contributed by atoms with Crippen molar-refractivity contribution in [3.63, 3.8) is 0 Å². The Bertz CT molecular complexity index is 484. The van der Waals surface area contributed by atoms with Gasteiger partial charge in [-0.05, 0) is 43.7 Å². The molecule has 0 aliphatic carbocycles. The van der Waals surface area contributed by atoms with Gasteiger partial charge in [-0.15, -0.1) is 0 Å². The lowest BCUT2D eigenvalue weighted by Gasteiger charge is -2.23. The molecule has 92 valence electrons. The normalized spacial score (nSPS) is 24.5. The van der Waals surface area contributed by atoms with E-state index < -0.39 is 17.2 Å². The third kappa shape index (κ3) is 1.95. The molecular formula is C11H14N2O3S. The number of nitrogens with zero attached hydrogens (tertiary/aromatic N) is 1. The molecule has 1 heterocycles. The van der Waals surface area contributed by atoms with Crippen molar-refractivity contribution < 1.29 is 14.4 Å². The maximum absolute atomic E-state index is 12.1. The van der Waals surface area contributed by atoms with Crippen LogP contribution in [0.1, 0.15) is 13.8 Å². The highest BCUT2D eigenvalue weighted by Crippen LogP contribution is 2.34. The first-order valence-electron chi connectivity index (χ1n) is 5.10. The highest BCUT2D eigenvalue weighted by molar-refractivity contribution is 7.90. The third-order valence-corrected chi connectivity index (χ3v) is 4.43. The number of hydrogen-bond acceptors (Lipinski definition) is 4. The summed E-state index contributed by atoms with van der Waals surface area (Å²) in [5.74, 6) is 0. The van der Waals surface area contributed by atoms with Crippen LogP contribution < -0.4 is 10.0 Å². The molecule has 0 fully saturated rings. The molecule has 2 rings (SSSR count). The zero-order valence-electron chi connectivity index (χ0n) is 9.58. The van der Waals surface area contributed by atoms with Gasteiger partial charge in [-0.1, -0.05) is 0 Å². The van der Waals surface area contributed by atoms with Crippen LogP contribution in [-0.4, -0.2) is 15.7 Å². The van der Waals surface area contributed by atoms with Gasteiger partial charge < -0.3 is 5.73 Å². The van der Waals surface area contributed by atoms with Crippen molar-refractivity contribution in [2.45, 2.75) is 20.1 Å². The summed E-state index contributed by atoms with van der Waals surface area (Å²) in [7, 11) is -1.34. The Hall–Kier alpha value is -1.37. The summed E-state index contributed by atoms with van der Waals surface area (Å²) < 4.78 is 13.6. The molecule has 6 heteroatoms. The predicted molar refractivity (Wildman–Crippen MR) is 67.4 cm³/mol. The smallest absolute Gasteiger partial charge is 0.199 e. The molecule has 0 saturated carbocycles. The van der Waals surface area contributed by atoms with Crippen molar-refractivity contribution in [1.82, 2.24) is 0 Å². The van der Waals surface area contributed by atoms with Gasteiger partial charge >= 0.3 is 0 Å². The second-order valence-corrected chi connectivity index (χ2v) is 5.37. The van der Waals surface area contributed by atoms with Gasteiger partial charge in [0.1, 0.15) is 0 Å². The number of allylic oxidation sites excluding steroid dienone is 1. The van der Waals surface area contributed by atoms with Crippen molar-refractivity contribution in [1.29, 1.82) is 0 Å². The maximum atomic E-state index is 12.1. The molecule has 1 unspecified atom stereocenters. The maximum Gasteiger partial charge on any atom is 0.199 e. The fourth-order valence-corrected chi connectivity index (χ4v) is 3.05. The van der Waals surface area contributed by atoms with E-state index in [4.69, 9.17) is 11.0 Å². The lowest BCUT2D eigenvalue weighted by Crippen LogP contribution is -2.33. The van der Waals surface area contributed by atoms with Crippen LogP contribution in [0.25, 0.3) is 0 Å². The van der Waals surface area contributed by atoms with E-state index in [0.29, 0.717) is 16.3 Å². The molecule has 1 aromatic rings. The molecule has 0 spiro atoms. The number of hydrogen-bond donors (Lipinski definition) is 2. The molecule has 1 aliphatic rings. The standard InChI is InChI=1S/C11H14N2O3S/c1-7-8(2)17(15)13(11(7)16-14)10-5-3-9(12)4-6-10/h3-6,11,14H,12H2,1-2H3/t11-,17?/m1/s1. The van der Waals surface area contributed by atoms with Crippen molar-refractivity contribution in [2.24, 2.45) is 0 Å². The van der Waals surface area contributed by atoms with Crippen LogP contribution in [0.2, 0.25) is 0 Å². The van der Waals surface area contributed by atoms with E-state index in [1.54, 1.807) is 38.1 Å². The SMILES string of the molecule is CC1=C(C)S(=O)N(c2ccc(N)cc2)[C@@H]1OO. The second kappa shape index (κ2) is 4.48. The largest absolute Gasteiger partial charge is 0.399 e. The lowest BCUT2D eigenvalue weighted by atomic mass is 10.2. The summed E-state index contributed by atoms with van der Waals surface area (Å²) >= 11 is 0. The average molecular weight is 254 g/mol. The number of nitrogen functional groups attached to an aromatic ring is 1. The second-order valence-electron chi connectivity index (χ2n) is 3.86. The van der Waals surface area contributed by atoms with E-state index in [-0.39, 0.29) is 0 Å². The van der Waals surface area contributed by atoms with Gasteiger partial charge in [-0.2, -0.15) is 0 Å². The highest BCUT2D eigenvalue weighted by Gasteiger charge is 2.36. The van der Waals surface area contributed by atoms with E-state index in [0.717, 1.165) is 5.57 Å². The Morgan fingerprint density at radius 2 is 1.94 bits per heavy atom. The summed E-state index contributed by atoms with van der Waals surface area (Å²) in [6.07, 6.45) is -0.709. The molecule has 0 aromatic heterocycles. The Balaban J connectivity index is 2.40. The van der Waals surface area contributed by atoms with E-state index in [1.165, 1.54) is 4.31 Å². The molecule has 0 amide bonds. The quantitative estimate of drug-likeness (QED) is 0.480. The highest BCUT2D eigenvalue weighted by atomic mass is 32.2. The molecular weight excluding hydrogens is 240 g/mol. The van der Waals surface area contributed by atoms with Gasteiger partial charge in [-0.25, -0.2) is 14.4 Å². The Kier molecular flexibility index (Phi) is 3.19. The zero-order chi connectivity index (χ0) is 12.6. The first-order chi connectivity index (χ1) is 8.06. The Morgan fingerprint density at radius 1 is 1.35 bits per heavy atom. The van der Waals surface area contributed by atoms with Crippen LogP contribution in [-0.2, 0) is 15.9 Å². The molecule has 2 atom stereocenters. The Morgan fingerprint density at radius 3 is 2.47 bits per heavy atom. The molecule has 3 N–H and O–H groups in total. The van der Waals surface area contributed by atoms with Crippen LogP contribution in [0.4, 0.5) is 11.4 Å². The van der Waals surface area contributed by atoms with E-state index in [1.807, 2.05) is 0 Å². The number of anilines is 2. The molecule has 17 heavy (non-hydrogen) atoms. The van der Waals surface area contributed by atoms with Crippen LogP contribution in [0.15, 0.2) is 34.7 Å². The van der Waals surface area contributed by atoms with Gasteiger partial charge in [0.25, 0.3) is 0 Å². The number of benzene rings is 1. The predicted octanol–water partition coefficient (Wildman–Crippen LogP) is 1.86. The third-order valence-electron chi connectivity index (χ3n) is 2.83. The molecule has 5 nitrogen and oxygen atoms in total. The fraction of sp³-hybridized carbons (Fsp3) is 0.273. The van der Waals surface area contributed by atoms with Crippen LogP contribution in [0.5, 0.6) is 0 Å². The van der Waals surface area contributed by atoms with Crippen molar-refractivity contribution in [2.75, 3.05) is 10.0 Å². The van der Waals surface area contributed by atoms with Gasteiger partial charge in [0.15, 0.2) is 17.2 Å². The minimum atomic E-state index is -1.34. The summed E-state index contributed by atoms with van der Waals surface area (Å²) in [5, 5.41) is 8.92. The summed E-state index contributed by atoms with van der Waals surface area (Å²) in [4.78, 5) is 5.10. The van der Waals surface area contributed by atoms with Gasteiger partial charge in [0, 0.05) is 10.6 Å². The molecule has 1 aliphatic heterocycles. The van der Waals surface area contributed by atoms with Crippen molar-refractivity contribution in [3.8, 4) is 0 Å². The van der Waals surface area contributed by atoms with Crippen LogP contribution in [0.3, 0.4) is 0 Å². The first-order valence-corrected chi connectivity index (χ1v) is 6.21. The number of rotatable bonds is 2. The molecule has 0 saturated heterocycles. The van der Waals surface area contributed by atoms with E-state index in [2.05, 4.69) is 4.89 Å². The van der Waals surface area contributed by atoms with E-state index >= 15 is 0 Å². The minimum absolute atomic E-state index is 0.626.